The third-order valence-corrected chi connectivity index (χ3v) is 7.13. The van der Waals surface area contributed by atoms with Crippen molar-refractivity contribution in [2.45, 2.75) is 70.5 Å². The predicted molar refractivity (Wildman–Crippen MR) is 128 cm³/mol. The molecule has 1 amide bonds. The number of amides is 1. The molecule has 1 aromatic heterocycles. The Morgan fingerprint density at radius 2 is 1.89 bits per heavy atom. The average molecular weight is 533 g/mol. The first-order valence-corrected chi connectivity index (χ1v) is 12.8. The number of hydrogen-bond acceptors (Lipinski definition) is 6. The molecule has 8 nitrogen and oxygen atoms in total. The fraction of sp³-hybridized carbons (Fsp3) is 0.583. The normalized spacial score (nSPS) is 16.9. The summed E-state index contributed by atoms with van der Waals surface area (Å²) in [5.41, 5.74) is 0.303. The first kappa shape index (κ1) is 28.0. The van der Waals surface area contributed by atoms with Gasteiger partial charge in [0.1, 0.15) is 23.1 Å². The van der Waals surface area contributed by atoms with Gasteiger partial charge in [0, 0.05) is 5.39 Å². The number of nitrogens with one attached hydrogen (secondary N) is 2. The van der Waals surface area contributed by atoms with Crippen LogP contribution in [0.4, 0.5) is 13.2 Å². The van der Waals surface area contributed by atoms with Gasteiger partial charge in [0.2, 0.25) is 0 Å². The molecule has 3 rings (SSSR count). The number of esters is 1. The number of hydrogen-bond donors (Lipinski definition) is 2. The number of carbonyl (C=O) groups excluding carboxylic acids is 2. The number of rotatable bonds is 10. The van der Waals surface area contributed by atoms with Crippen LogP contribution in [0.25, 0.3) is 11.0 Å². The van der Waals surface area contributed by atoms with Gasteiger partial charge in [-0.1, -0.05) is 0 Å². The molecule has 2 N–H and O–H groups in total. The van der Waals surface area contributed by atoms with Gasteiger partial charge < -0.3 is 19.2 Å². The Kier molecular flexibility index (Phi) is 8.39. The largest absolute Gasteiger partial charge is 0.493 e. The molecular weight excluding hydrogens is 501 g/mol. The molecule has 0 radical (unpaired) electrons. The van der Waals surface area contributed by atoms with E-state index in [0.717, 1.165) is 12.8 Å². The number of benzene rings is 1. The summed E-state index contributed by atoms with van der Waals surface area (Å²) in [5.74, 6) is -1.15. The van der Waals surface area contributed by atoms with E-state index in [4.69, 9.17) is 13.9 Å². The van der Waals surface area contributed by atoms with Crippen LogP contribution in [-0.4, -0.2) is 52.3 Å². The van der Waals surface area contributed by atoms with E-state index in [2.05, 4.69) is 5.32 Å². The lowest BCUT2D eigenvalue weighted by Gasteiger charge is -2.31. The molecule has 0 aliphatic heterocycles. The molecule has 1 aliphatic rings. The van der Waals surface area contributed by atoms with E-state index >= 15 is 0 Å². The lowest BCUT2D eigenvalue weighted by molar-refractivity contribution is -0.171. The average Bonchev–Trinajstić information content (AvgIpc) is 3.53. The Labute approximate surface area is 209 Å². The second-order valence-electron chi connectivity index (χ2n) is 9.67. The lowest BCUT2D eigenvalue weighted by Crippen LogP contribution is -2.62. The Balaban J connectivity index is 1.94. The minimum Gasteiger partial charge on any atom is -0.493 e. The summed E-state index contributed by atoms with van der Waals surface area (Å²) in [6.07, 6.45) is -2.86. The third kappa shape index (κ3) is 6.78. The Hall–Kier alpha value is -2.60. The lowest BCUT2D eigenvalue weighted by atomic mass is 10.1. The number of ether oxygens (including phenoxy) is 2. The highest BCUT2D eigenvalue weighted by Gasteiger charge is 2.51. The van der Waals surface area contributed by atoms with Gasteiger partial charge in [0.15, 0.2) is 6.04 Å². The van der Waals surface area contributed by atoms with Crippen LogP contribution in [0, 0.1) is 12.8 Å². The monoisotopic (exact) mass is 532 g/mol. The van der Waals surface area contributed by atoms with Gasteiger partial charge in [0.25, 0.3) is 5.91 Å². The minimum absolute atomic E-state index is 0.0333. The zero-order valence-corrected chi connectivity index (χ0v) is 21.6. The van der Waals surface area contributed by atoms with Gasteiger partial charge in [-0.25, -0.2) is 13.7 Å². The molecule has 12 heteroatoms. The van der Waals surface area contributed by atoms with Crippen molar-refractivity contribution >= 4 is 33.8 Å². The van der Waals surface area contributed by atoms with Crippen LogP contribution < -0.4 is 14.8 Å². The van der Waals surface area contributed by atoms with Crippen molar-refractivity contribution in [3.63, 3.8) is 0 Å². The molecule has 1 aromatic carbocycles. The number of alkyl halides is 3. The van der Waals surface area contributed by atoms with Crippen molar-refractivity contribution in [3.8, 4) is 5.75 Å². The Morgan fingerprint density at radius 1 is 1.22 bits per heavy atom. The molecule has 1 fully saturated rings. The molecule has 1 unspecified atom stereocenters. The number of fused-ring (bicyclic) bond motifs is 1. The molecule has 1 saturated carbocycles. The Bertz CT molecular complexity index is 1140. The smallest absolute Gasteiger partial charge is 0.407 e. The van der Waals surface area contributed by atoms with Crippen LogP contribution >= 0.6 is 0 Å². The molecule has 36 heavy (non-hydrogen) atoms. The molecule has 1 heterocycles. The second kappa shape index (κ2) is 10.8. The first-order valence-electron chi connectivity index (χ1n) is 11.6. The quantitative estimate of drug-likeness (QED) is 0.445. The fourth-order valence-corrected chi connectivity index (χ4v) is 4.26. The maximum absolute atomic E-state index is 14.1. The minimum atomic E-state index is -5.04. The fourth-order valence-electron chi connectivity index (χ4n) is 3.41. The van der Waals surface area contributed by atoms with Crippen molar-refractivity contribution in [1.29, 1.82) is 0 Å². The molecule has 1 aliphatic carbocycles. The molecule has 0 bridgehead atoms. The molecular formula is C24H31F3N2O6S. The first-order chi connectivity index (χ1) is 16.7. The van der Waals surface area contributed by atoms with Crippen LogP contribution in [0.15, 0.2) is 22.6 Å². The van der Waals surface area contributed by atoms with Crippen molar-refractivity contribution < 1.29 is 40.9 Å². The van der Waals surface area contributed by atoms with Gasteiger partial charge >= 0.3 is 12.1 Å². The molecule has 0 spiro atoms. The van der Waals surface area contributed by atoms with Gasteiger partial charge in [-0.05, 0) is 71.6 Å². The van der Waals surface area contributed by atoms with Crippen molar-refractivity contribution in [2.24, 2.45) is 5.92 Å². The van der Waals surface area contributed by atoms with E-state index in [0.29, 0.717) is 29.2 Å². The summed E-state index contributed by atoms with van der Waals surface area (Å²) in [6, 6.07) is -0.00547. The highest BCUT2D eigenvalue weighted by Crippen LogP contribution is 2.33. The van der Waals surface area contributed by atoms with Crippen LogP contribution in [0.3, 0.4) is 0 Å². The zero-order chi connectivity index (χ0) is 26.8. The van der Waals surface area contributed by atoms with E-state index in [1.54, 1.807) is 18.2 Å². The summed E-state index contributed by atoms with van der Waals surface area (Å²) in [7, 11) is -2.20. The number of furan rings is 1. The third-order valence-electron chi connectivity index (χ3n) is 5.55. The summed E-state index contributed by atoms with van der Waals surface area (Å²) in [4.78, 5) is 25.9. The van der Waals surface area contributed by atoms with Crippen LogP contribution in [0.5, 0.6) is 5.75 Å². The van der Waals surface area contributed by atoms with Crippen molar-refractivity contribution in [1.82, 2.24) is 10.0 Å². The Morgan fingerprint density at radius 3 is 2.44 bits per heavy atom. The van der Waals surface area contributed by atoms with E-state index in [1.165, 1.54) is 34.6 Å². The van der Waals surface area contributed by atoms with E-state index in [1.807, 2.05) is 4.72 Å². The number of carbonyl (C=O) groups is 2. The van der Waals surface area contributed by atoms with Gasteiger partial charge in [-0.15, -0.1) is 0 Å². The van der Waals surface area contributed by atoms with Crippen LogP contribution in [0.2, 0.25) is 0 Å². The van der Waals surface area contributed by atoms with Gasteiger partial charge in [-0.3, -0.25) is 4.79 Å². The molecule has 2 aromatic rings. The maximum atomic E-state index is 14.1. The highest BCUT2D eigenvalue weighted by atomic mass is 32.2. The van der Waals surface area contributed by atoms with Gasteiger partial charge in [0.05, 0.1) is 34.5 Å². The van der Waals surface area contributed by atoms with Crippen LogP contribution in [-0.2, 0) is 20.5 Å². The SMILES string of the molecule is CCOC(=O)[C@H](NC(=O)c1c(C)oc2ccc(OCC3CC3)cc12)[C@@H](NS(=O)C(C)(C)C)C(F)(F)F. The topological polar surface area (TPSA) is 107 Å². The zero-order valence-electron chi connectivity index (χ0n) is 20.8. The van der Waals surface area contributed by atoms with Crippen LogP contribution in [0.1, 0.15) is 56.7 Å². The second-order valence-corrected chi connectivity index (χ2v) is 11.7. The maximum Gasteiger partial charge on any atom is 0.407 e. The van der Waals surface area contributed by atoms with Gasteiger partial charge in [-0.2, -0.15) is 13.2 Å². The van der Waals surface area contributed by atoms with E-state index in [-0.39, 0.29) is 17.9 Å². The highest BCUT2D eigenvalue weighted by molar-refractivity contribution is 7.84. The summed E-state index contributed by atoms with van der Waals surface area (Å²) in [6.45, 7) is 7.67. The van der Waals surface area contributed by atoms with Crippen molar-refractivity contribution in [3.05, 3.63) is 29.5 Å². The summed E-state index contributed by atoms with van der Waals surface area (Å²) < 4.78 is 71.8. The number of halogens is 3. The van der Waals surface area contributed by atoms with E-state index in [9.17, 15) is 27.0 Å². The molecule has 0 saturated heterocycles. The summed E-state index contributed by atoms with van der Waals surface area (Å²) >= 11 is 0. The molecule has 3 atom stereocenters. The van der Waals surface area contributed by atoms with Crippen molar-refractivity contribution in [2.75, 3.05) is 13.2 Å². The number of aryl methyl sites for hydroxylation is 1. The molecule has 200 valence electrons. The van der Waals surface area contributed by atoms with E-state index < -0.39 is 45.9 Å². The summed E-state index contributed by atoms with van der Waals surface area (Å²) in [5, 5.41) is 2.48. The standard InChI is InChI=1S/C24H31F3N2O6S/c1-6-33-22(31)19(20(24(25,26)27)29-36(32)23(3,4)5)28-21(30)18-13(2)35-17-10-9-15(11-16(17)18)34-12-14-7-8-14/h9-11,14,19-20,29H,6-8,12H2,1-5H3,(H,28,30)/t19-,20-,36?/m1/s1. The predicted octanol–water partition coefficient (Wildman–Crippen LogP) is 4.17.